The number of hydrogen-bond donors (Lipinski definition) is 0. The minimum Gasteiger partial charge on any atom is -0.463 e. The van der Waals surface area contributed by atoms with E-state index in [4.69, 9.17) is 9.47 Å². The fraction of sp³-hybridized carbons (Fsp3) is 0.121. The number of thiophene rings is 3. The largest absolute Gasteiger partial charge is 0.463 e. The Hall–Kier alpha value is -7.92. The lowest BCUT2D eigenvalue weighted by atomic mass is 10.0. The molecular formula is C66H54N2O4S3. The Kier molecular flexibility index (Phi) is 14.9. The molecule has 0 saturated heterocycles. The van der Waals surface area contributed by atoms with Crippen molar-refractivity contribution < 1.29 is 19.1 Å². The number of ketones is 1. The van der Waals surface area contributed by atoms with E-state index in [1.807, 2.05) is 11.3 Å². The molecule has 11 rings (SSSR count). The second-order valence-corrected chi connectivity index (χ2v) is 21.6. The van der Waals surface area contributed by atoms with E-state index >= 15 is 0 Å². The summed E-state index contributed by atoms with van der Waals surface area (Å²) in [6.07, 6.45) is 2.21. The summed E-state index contributed by atoms with van der Waals surface area (Å²) >= 11 is 5.32. The molecule has 11 aromatic rings. The SMILES string of the molecule is COCCOC(=O)CCc1ccc(N(c2ccc(-c3ccc4c(c3)sc3cc(-c5ccc(N(c6ccc(CCC(C)=O)cc6)c6ccc(-c7cccs7)cc6)cc5)ccc34)cc2)c2ccc(-c3cccs3)cc2)cc1. The van der Waals surface area contributed by atoms with Crippen LogP contribution >= 0.6 is 34.0 Å². The molecule has 0 aliphatic carbocycles. The van der Waals surface area contributed by atoms with E-state index in [1.165, 1.54) is 52.2 Å². The van der Waals surface area contributed by atoms with Gasteiger partial charge in [0.05, 0.1) is 6.61 Å². The number of fused-ring (bicyclic) bond motifs is 3. The number of rotatable bonds is 19. The molecule has 0 bridgehead atoms. The smallest absolute Gasteiger partial charge is 0.306 e. The molecule has 9 heteroatoms. The Labute approximate surface area is 450 Å². The Morgan fingerprint density at radius 3 is 1.17 bits per heavy atom. The van der Waals surface area contributed by atoms with Crippen LogP contribution in [0.3, 0.4) is 0 Å². The van der Waals surface area contributed by atoms with Gasteiger partial charge < -0.3 is 24.1 Å². The van der Waals surface area contributed by atoms with Gasteiger partial charge in [0, 0.05) is 84.0 Å². The molecule has 0 aliphatic rings. The highest BCUT2D eigenvalue weighted by atomic mass is 32.1. The zero-order valence-corrected chi connectivity index (χ0v) is 44.2. The first-order chi connectivity index (χ1) is 36.8. The molecule has 75 heavy (non-hydrogen) atoms. The van der Waals surface area contributed by atoms with Crippen LogP contribution in [0.25, 0.3) is 63.3 Å². The van der Waals surface area contributed by atoms with Crippen LogP contribution in [-0.4, -0.2) is 32.1 Å². The number of methoxy groups -OCH3 is 1. The number of ether oxygens (including phenoxy) is 2. The predicted octanol–water partition coefficient (Wildman–Crippen LogP) is 18.4. The van der Waals surface area contributed by atoms with Crippen molar-refractivity contribution in [1.82, 2.24) is 0 Å². The van der Waals surface area contributed by atoms with E-state index in [0.29, 0.717) is 25.9 Å². The van der Waals surface area contributed by atoms with Crippen LogP contribution < -0.4 is 9.80 Å². The zero-order valence-electron chi connectivity index (χ0n) is 41.8. The van der Waals surface area contributed by atoms with Crippen LogP contribution in [0.5, 0.6) is 0 Å². The van der Waals surface area contributed by atoms with E-state index in [9.17, 15) is 9.59 Å². The van der Waals surface area contributed by atoms with Crippen molar-refractivity contribution in [3.63, 3.8) is 0 Å². The van der Waals surface area contributed by atoms with Crippen LogP contribution in [-0.2, 0) is 31.9 Å². The summed E-state index contributed by atoms with van der Waals surface area (Å²) in [5, 5.41) is 6.74. The van der Waals surface area contributed by atoms with Gasteiger partial charge >= 0.3 is 5.97 Å². The third kappa shape index (κ3) is 11.3. The van der Waals surface area contributed by atoms with Crippen molar-refractivity contribution in [3.8, 4) is 43.1 Å². The first-order valence-electron chi connectivity index (χ1n) is 25.2. The minimum atomic E-state index is -0.221. The predicted molar refractivity (Wildman–Crippen MR) is 316 cm³/mol. The number of Topliss-reactive ketones (excluding diaryl/α,β-unsaturated/α-hetero) is 1. The molecule has 0 amide bonds. The first kappa shape index (κ1) is 49.3. The molecular weight excluding hydrogens is 981 g/mol. The number of carbonyl (C=O) groups is 2. The average molecular weight is 1040 g/mol. The molecule has 8 aromatic carbocycles. The average Bonchev–Trinajstić information content (AvgIpc) is 4.28. The molecule has 0 N–H and O–H groups in total. The van der Waals surface area contributed by atoms with Gasteiger partial charge in [-0.05, 0) is 172 Å². The van der Waals surface area contributed by atoms with Crippen LogP contribution in [0.2, 0.25) is 0 Å². The van der Waals surface area contributed by atoms with Gasteiger partial charge in [0.1, 0.15) is 12.4 Å². The Bertz CT molecular complexity index is 3680. The maximum atomic E-state index is 12.3. The van der Waals surface area contributed by atoms with E-state index in [1.54, 1.807) is 36.7 Å². The number of anilines is 6. The molecule has 0 saturated carbocycles. The maximum absolute atomic E-state index is 12.3. The number of esters is 1. The maximum Gasteiger partial charge on any atom is 0.306 e. The molecule has 0 aliphatic heterocycles. The molecule has 0 fully saturated rings. The molecule has 0 spiro atoms. The standard InChI is InChI=1S/C66H54N2O4S3/c1-45(69)7-8-46-9-24-54(25-10-46)67(58-32-18-50(19-33-58)62-5-3-41-73-62)56-28-14-48(15-29-56)52-22-36-60-61-37-23-53(44-65(61)75-64(60)43-52)49-16-30-57(31-17-49)68(59-34-20-51(21-35-59)63-6-4-42-74-63)55-26-11-47(12-27-55)13-38-66(70)72-40-39-71-2/h3-6,9-12,14-37,41-44H,7-8,13,38-40H2,1-2H3. The number of nitrogens with zero attached hydrogens (tertiary/aromatic N) is 2. The van der Waals surface area contributed by atoms with Crippen molar-refractivity contribution in [1.29, 1.82) is 0 Å². The van der Waals surface area contributed by atoms with E-state index in [2.05, 4.69) is 227 Å². The number of aryl methyl sites for hydroxylation is 2. The lowest BCUT2D eigenvalue weighted by Crippen LogP contribution is -2.11. The van der Waals surface area contributed by atoms with E-state index in [-0.39, 0.29) is 18.4 Å². The molecule has 0 radical (unpaired) electrons. The Morgan fingerprint density at radius 2 is 0.800 bits per heavy atom. The van der Waals surface area contributed by atoms with Crippen LogP contribution in [0.4, 0.5) is 34.1 Å². The highest BCUT2D eigenvalue weighted by Gasteiger charge is 2.17. The molecule has 6 nitrogen and oxygen atoms in total. The van der Waals surface area contributed by atoms with Gasteiger partial charge in [-0.3, -0.25) is 4.79 Å². The zero-order chi connectivity index (χ0) is 51.1. The van der Waals surface area contributed by atoms with Crippen molar-refractivity contribution in [2.45, 2.75) is 32.6 Å². The number of benzene rings is 8. The third-order valence-electron chi connectivity index (χ3n) is 13.6. The molecule has 3 heterocycles. The number of hydrogen-bond acceptors (Lipinski definition) is 9. The quantitative estimate of drug-likeness (QED) is 0.0594. The van der Waals surface area contributed by atoms with E-state index < -0.39 is 0 Å². The topological polar surface area (TPSA) is 59.1 Å². The monoisotopic (exact) mass is 1030 g/mol. The molecule has 0 atom stereocenters. The van der Waals surface area contributed by atoms with Gasteiger partial charge in [0.15, 0.2) is 0 Å². The molecule has 3 aromatic heterocycles. The summed E-state index contributed by atoms with van der Waals surface area (Å²) in [6, 6.07) is 74.5. The second-order valence-electron chi connectivity index (χ2n) is 18.6. The first-order valence-corrected chi connectivity index (χ1v) is 27.8. The summed E-state index contributed by atoms with van der Waals surface area (Å²) in [5.74, 6) is -0.0161. The highest BCUT2D eigenvalue weighted by molar-refractivity contribution is 7.25. The molecule has 370 valence electrons. The van der Waals surface area contributed by atoms with Gasteiger partial charge in [-0.25, -0.2) is 0 Å². The third-order valence-corrected chi connectivity index (χ3v) is 16.5. The van der Waals surface area contributed by atoms with Gasteiger partial charge in [0.25, 0.3) is 0 Å². The van der Waals surface area contributed by atoms with Crippen LogP contribution in [0, 0.1) is 0 Å². The fourth-order valence-corrected chi connectivity index (χ4v) is 12.2. The fourth-order valence-electron chi connectivity index (χ4n) is 9.57. The van der Waals surface area contributed by atoms with Gasteiger partial charge in [0.2, 0.25) is 0 Å². The summed E-state index contributed by atoms with van der Waals surface area (Å²) in [6.45, 7) is 2.31. The van der Waals surface area contributed by atoms with Crippen molar-refractivity contribution >= 4 is 100 Å². The normalized spacial score (nSPS) is 11.3. The number of carbonyl (C=O) groups excluding carboxylic acids is 2. The lowest BCUT2D eigenvalue weighted by molar-refractivity contribution is -0.144. The molecule has 0 unspecified atom stereocenters. The van der Waals surface area contributed by atoms with Gasteiger partial charge in [-0.2, -0.15) is 0 Å². The highest BCUT2D eigenvalue weighted by Crippen LogP contribution is 2.42. The van der Waals surface area contributed by atoms with Crippen molar-refractivity contribution in [3.05, 3.63) is 228 Å². The van der Waals surface area contributed by atoms with Gasteiger partial charge in [-0.15, -0.1) is 34.0 Å². The summed E-state index contributed by atoms with van der Waals surface area (Å²) in [7, 11) is 1.60. The summed E-state index contributed by atoms with van der Waals surface area (Å²) < 4.78 is 12.8. The Morgan fingerprint density at radius 1 is 0.427 bits per heavy atom. The summed E-state index contributed by atoms with van der Waals surface area (Å²) in [4.78, 5) is 31.1. The Balaban J connectivity index is 0.838. The minimum absolute atomic E-state index is 0.205. The van der Waals surface area contributed by atoms with Crippen LogP contribution in [0.15, 0.2) is 217 Å². The van der Waals surface area contributed by atoms with Crippen molar-refractivity contribution in [2.24, 2.45) is 0 Å². The van der Waals surface area contributed by atoms with E-state index in [0.717, 1.165) is 62.8 Å². The summed E-state index contributed by atoms with van der Waals surface area (Å²) in [5.41, 5.74) is 15.6. The lowest BCUT2D eigenvalue weighted by Gasteiger charge is -2.26. The van der Waals surface area contributed by atoms with Crippen LogP contribution in [0.1, 0.15) is 30.9 Å². The van der Waals surface area contributed by atoms with Crippen molar-refractivity contribution in [2.75, 3.05) is 30.1 Å². The second kappa shape index (κ2) is 22.7. The van der Waals surface area contributed by atoms with Gasteiger partial charge in [-0.1, -0.05) is 109 Å².